The summed E-state index contributed by atoms with van der Waals surface area (Å²) in [5, 5.41) is 8.70. The topological polar surface area (TPSA) is 90.5 Å². The van der Waals surface area contributed by atoms with Gasteiger partial charge < -0.3 is 20.9 Å². The summed E-state index contributed by atoms with van der Waals surface area (Å²) in [7, 11) is 0. The zero-order chi connectivity index (χ0) is 22.8. The van der Waals surface area contributed by atoms with Crippen LogP contribution in [-0.2, 0) is 9.59 Å². The summed E-state index contributed by atoms with van der Waals surface area (Å²) in [4.78, 5) is 38.1. The maximum atomic E-state index is 12.3. The number of nitrogens with zero attached hydrogens (tertiary/aromatic N) is 1. The number of rotatable bonds is 10. The molecule has 0 fully saturated rings. The number of anilines is 3. The van der Waals surface area contributed by atoms with Gasteiger partial charge in [-0.2, -0.15) is 0 Å². The van der Waals surface area contributed by atoms with Crippen LogP contribution in [0.4, 0.5) is 17.1 Å². The highest BCUT2D eigenvalue weighted by Gasteiger charge is 2.12. The molecule has 7 heteroatoms. The average molecular weight is 425 g/mol. The maximum absolute atomic E-state index is 12.3. The Kier molecular flexibility index (Phi) is 9.06. The molecule has 2 rings (SSSR count). The molecule has 0 spiro atoms. The molecule has 0 aromatic heterocycles. The number of hydrogen-bond donors (Lipinski definition) is 3. The van der Waals surface area contributed by atoms with E-state index in [0.29, 0.717) is 42.4 Å². The predicted octanol–water partition coefficient (Wildman–Crippen LogP) is 4.20. The van der Waals surface area contributed by atoms with Crippen LogP contribution in [0.1, 0.15) is 44.5 Å². The van der Waals surface area contributed by atoms with Crippen molar-refractivity contribution in [2.45, 2.75) is 34.1 Å². The normalized spacial score (nSPS) is 10.5. The van der Waals surface area contributed by atoms with Gasteiger partial charge in [0.25, 0.3) is 5.91 Å². The lowest BCUT2D eigenvalue weighted by molar-refractivity contribution is -0.117. The molecular weight excluding hydrogens is 392 g/mol. The van der Waals surface area contributed by atoms with Gasteiger partial charge in [-0.15, -0.1) is 0 Å². The first-order valence-corrected chi connectivity index (χ1v) is 10.6. The molecule has 31 heavy (non-hydrogen) atoms. The van der Waals surface area contributed by atoms with Crippen molar-refractivity contribution in [3.8, 4) is 0 Å². The van der Waals surface area contributed by atoms with Crippen LogP contribution in [0.15, 0.2) is 48.5 Å². The van der Waals surface area contributed by atoms with Crippen LogP contribution in [0.2, 0.25) is 0 Å². The van der Waals surface area contributed by atoms with E-state index in [1.807, 2.05) is 27.7 Å². The molecule has 0 unspecified atom stereocenters. The second-order valence-electron chi connectivity index (χ2n) is 7.68. The number of nitrogens with one attached hydrogen (secondary N) is 3. The highest BCUT2D eigenvalue weighted by atomic mass is 16.2. The second-order valence-corrected chi connectivity index (χ2v) is 7.68. The van der Waals surface area contributed by atoms with E-state index in [2.05, 4.69) is 16.0 Å². The van der Waals surface area contributed by atoms with Crippen molar-refractivity contribution >= 4 is 34.8 Å². The van der Waals surface area contributed by atoms with Crippen molar-refractivity contribution in [1.29, 1.82) is 0 Å². The average Bonchev–Trinajstić information content (AvgIpc) is 2.74. The van der Waals surface area contributed by atoms with E-state index in [1.54, 1.807) is 53.4 Å². The number of amides is 3. The molecule has 3 amide bonds. The molecule has 0 atom stereocenters. The van der Waals surface area contributed by atoms with Crippen molar-refractivity contribution in [2.75, 3.05) is 35.6 Å². The van der Waals surface area contributed by atoms with E-state index in [9.17, 15) is 14.4 Å². The molecule has 2 aromatic carbocycles. The molecule has 166 valence electrons. The first-order valence-electron chi connectivity index (χ1n) is 10.6. The van der Waals surface area contributed by atoms with Gasteiger partial charge in [-0.3, -0.25) is 14.4 Å². The minimum absolute atomic E-state index is 0.00173. The lowest BCUT2D eigenvalue weighted by Crippen LogP contribution is -2.30. The fourth-order valence-corrected chi connectivity index (χ4v) is 3.03. The smallest absolute Gasteiger partial charge is 0.253 e. The van der Waals surface area contributed by atoms with Crippen LogP contribution in [-0.4, -0.2) is 42.3 Å². The minimum atomic E-state index is -0.195. The SMILES string of the molecule is CCN(CC)C(=O)c1ccc(NCC(=O)Nc2ccc(NC(=O)CC(C)C)cc2)cc1. The Balaban J connectivity index is 1.82. The maximum Gasteiger partial charge on any atom is 0.253 e. The van der Waals surface area contributed by atoms with E-state index in [0.717, 1.165) is 5.69 Å². The van der Waals surface area contributed by atoms with Crippen LogP contribution < -0.4 is 16.0 Å². The van der Waals surface area contributed by atoms with Crippen molar-refractivity contribution in [1.82, 2.24) is 4.90 Å². The molecule has 0 aliphatic carbocycles. The Morgan fingerprint density at radius 3 is 1.74 bits per heavy atom. The third kappa shape index (κ3) is 7.77. The minimum Gasteiger partial charge on any atom is -0.376 e. The summed E-state index contributed by atoms with van der Waals surface area (Å²) in [6, 6.07) is 14.1. The first kappa shape index (κ1) is 23.9. The molecule has 0 aliphatic rings. The Morgan fingerprint density at radius 2 is 1.26 bits per heavy atom. The largest absolute Gasteiger partial charge is 0.376 e. The summed E-state index contributed by atoms with van der Waals surface area (Å²) in [6.07, 6.45) is 0.467. The van der Waals surface area contributed by atoms with Crippen LogP contribution in [0.5, 0.6) is 0 Å². The van der Waals surface area contributed by atoms with Crippen LogP contribution in [0.25, 0.3) is 0 Å². The van der Waals surface area contributed by atoms with E-state index in [1.165, 1.54) is 0 Å². The van der Waals surface area contributed by atoms with Gasteiger partial charge >= 0.3 is 0 Å². The van der Waals surface area contributed by atoms with Crippen molar-refractivity contribution < 1.29 is 14.4 Å². The molecule has 0 aliphatic heterocycles. The lowest BCUT2D eigenvalue weighted by Gasteiger charge is -2.18. The van der Waals surface area contributed by atoms with Gasteiger partial charge in [-0.05, 0) is 68.3 Å². The highest BCUT2D eigenvalue weighted by molar-refractivity contribution is 5.96. The Bertz CT molecular complexity index is 873. The van der Waals surface area contributed by atoms with Gasteiger partial charge in [0.05, 0.1) is 6.54 Å². The zero-order valence-electron chi connectivity index (χ0n) is 18.7. The van der Waals surface area contributed by atoms with Gasteiger partial charge in [0, 0.05) is 42.1 Å². The van der Waals surface area contributed by atoms with Gasteiger partial charge in [0.2, 0.25) is 11.8 Å². The highest BCUT2D eigenvalue weighted by Crippen LogP contribution is 2.15. The summed E-state index contributed by atoms with van der Waals surface area (Å²) in [6.45, 7) is 9.31. The van der Waals surface area contributed by atoms with E-state index < -0.39 is 0 Å². The van der Waals surface area contributed by atoms with Crippen LogP contribution >= 0.6 is 0 Å². The van der Waals surface area contributed by atoms with Gasteiger partial charge in [0.15, 0.2) is 0 Å². The number of carbonyl (C=O) groups is 3. The third-order valence-electron chi connectivity index (χ3n) is 4.68. The zero-order valence-corrected chi connectivity index (χ0v) is 18.7. The Hall–Kier alpha value is -3.35. The summed E-state index contributed by atoms with van der Waals surface area (Å²) in [5.41, 5.74) is 2.73. The predicted molar refractivity (Wildman–Crippen MR) is 125 cm³/mol. The third-order valence-corrected chi connectivity index (χ3v) is 4.68. The summed E-state index contributed by atoms with van der Waals surface area (Å²) in [5.74, 6) is 0.0731. The van der Waals surface area contributed by atoms with Crippen molar-refractivity contribution in [3.05, 3.63) is 54.1 Å². The molecule has 0 heterocycles. The number of carbonyl (C=O) groups excluding carboxylic acids is 3. The van der Waals surface area contributed by atoms with Gasteiger partial charge in [-0.25, -0.2) is 0 Å². The first-order chi connectivity index (χ1) is 14.8. The molecular formula is C24H32N4O3. The van der Waals surface area contributed by atoms with E-state index >= 15 is 0 Å². The fraction of sp³-hybridized carbons (Fsp3) is 0.375. The molecule has 0 saturated heterocycles. The van der Waals surface area contributed by atoms with Gasteiger partial charge in [0.1, 0.15) is 0 Å². The van der Waals surface area contributed by atoms with Gasteiger partial charge in [-0.1, -0.05) is 13.8 Å². The molecule has 2 aromatic rings. The number of hydrogen-bond acceptors (Lipinski definition) is 4. The van der Waals surface area contributed by atoms with E-state index in [-0.39, 0.29) is 24.3 Å². The molecule has 7 nitrogen and oxygen atoms in total. The van der Waals surface area contributed by atoms with Crippen LogP contribution in [0.3, 0.4) is 0 Å². The standard InChI is InChI=1S/C24H32N4O3/c1-5-28(6-2)24(31)18-7-9-19(10-8-18)25-16-23(30)27-21-13-11-20(12-14-21)26-22(29)15-17(3)4/h7-14,17,25H,5-6,15-16H2,1-4H3,(H,26,29)(H,27,30). The Morgan fingerprint density at radius 1 is 0.774 bits per heavy atom. The molecule has 0 saturated carbocycles. The van der Waals surface area contributed by atoms with Crippen molar-refractivity contribution in [2.24, 2.45) is 5.92 Å². The summed E-state index contributed by atoms with van der Waals surface area (Å²) < 4.78 is 0. The molecule has 3 N–H and O–H groups in total. The van der Waals surface area contributed by atoms with Crippen LogP contribution in [0, 0.1) is 5.92 Å². The number of benzene rings is 2. The summed E-state index contributed by atoms with van der Waals surface area (Å²) >= 11 is 0. The van der Waals surface area contributed by atoms with Crippen molar-refractivity contribution in [3.63, 3.8) is 0 Å². The lowest BCUT2D eigenvalue weighted by atomic mass is 10.1. The fourth-order valence-electron chi connectivity index (χ4n) is 3.03. The molecule has 0 radical (unpaired) electrons. The quantitative estimate of drug-likeness (QED) is 0.533. The Labute approximate surface area is 184 Å². The van der Waals surface area contributed by atoms with E-state index in [4.69, 9.17) is 0 Å². The second kappa shape index (κ2) is 11.7. The molecule has 0 bridgehead atoms. The monoisotopic (exact) mass is 424 g/mol.